The molecule has 1 N–H and O–H groups in total. The Morgan fingerprint density at radius 2 is 1.74 bits per heavy atom. The van der Waals surface area contributed by atoms with E-state index in [0.717, 1.165) is 12.4 Å². The lowest BCUT2D eigenvalue weighted by atomic mass is 10.1. The zero-order chi connectivity index (χ0) is 27.7. The molecule has 2 saturated heterocycles. The van der Waals surface area contributed by atoms with E-state index in [0.29, 0.717) is 45.1 Å². The van der Waals surface area contributed by atoms with Crippen LogP contribution < -0.4 is 15.4 Å². The van der Waals surface area contributed by atoms with Crippen molar-refractivity contribution in [3.8, 4) is 0 Å². The highest BCUT2D eigenvalue weighted by molar-refractivity contribution is 5.76. The molecule has 0 aromatic carbocycles. The first-order valence-corrected chi connectivity index (χ1v) is 11.7. The van der Waals surface area contributed by atoms with Crippen LogP contribution >= 0.6 is 0 Å². The van der Waals surface area contributed by atoms with E-state index in [9.17, 15) is 35.9 Å². The van der Waals surface area contributed by atoms with Crippen molar-refractivity contribution in [3.05, 3.63) is 39.9 Å². The number of carbonyl (C=O) groups is 1. The highest BCUT2D eigenvalue weighted by Gasteiger charge is 2.38. The Hall–Kier alpha value is -3.43. The summed E-state index contributed by atoms with van der Waals surface area (Å²) in [5.74, 6) is -0.0766. The number of ether oxygens (including phenoxy) is 1. The Labute approximate surface area is 212 Å². The maximum atomic E-state index is 13.2. The fourth-order valence-electron chi connectivity index (χ4n) is 4.59. The zero-order valence-electron chi connectivity index (χ0n) is 20.2. The van der Waals surface area contributed by atoms with Gasteiger partial charge in [0.05, 0.1) is 11.7 Å². The molecule has 2 aromatic rings. The van der Waals surface area contributed by atoms with Gasteiger partial charge in [-0.1, -0.05) is 0 Å². The number of alkyl halides is 6. The molecule has 0 saturated carbocycles. The second-order valence-corrected chi connectivity index (χ2v) is 9.04. The van der Waals surface area contributed by atoms with Gasteiger partial charge in [-0.25, -0.2) is 15.1 Å². The largest absolute Gasteiger partial charge is 0.421 e. The van der Waals surface area contributed by atoms with E-state index in [1.54, 1.807) is 14.7 Å². The van der Waals surface area contributed by atoms with Gasteiger partial charge in [-0.3, -0.25) is 9.59 Å². The quantitative estimate of drug-likeness (QED) is 0.548. The Kier molecular flexibility index (Phi) is 7.80. The van der Waals surface area contributed by atoms with Crippen LogP contribution in [0, 0.1) is 0 Å². The van der Waals surface area contributed by atoms with Gasteiger partial charge in [0.25, 0.3) is 5.56 Å². The lowest BCUT2D eigenvalue weighted by Gasteiger charge is -2.35. The van der Waals surface area contributed by atoms with Gasteiger partial charge in [0.1, 0.15) is 11.4 Å². The summed E-state index contributed by atoms with van der Waals surface area (Å²) in [6, 6.07) is 0.360. The number of rotatable bonds is 6. The van der Waals surface area contributed by atoms with E-state index < -0.39 is 29.0 Å². The first-order valence-electron chi connectivity index (χ1n) is 11.7. The summed E-state index contributed by atoms with van der Waals surface area (Å²) in [7, 11) is 1.48. The van der Waals surface area contributed by atoms with Crippen LogP contribution in [0.5, 0.6) is 0 Å². The zero-order valence-corrected chi connectivity index (χ0v) is 20.2. The molecule has 0 bridgehead atoms. The Morgan fingerprint density at radius 1 is 1.08 bits per heavy atom. The lowest BCUT2D eigenvalue weighted by Crippen LogP contribution is -2.49. The van der Waals surface area contributed by atoms with Crippen molar-refractivity contribution in [2.45, 2.75) is 43.8 Å². The summed E-state index contributed by atoms with van der Waals surface area (Å²) in [4.78, 5) is 36.9. The Balaban J connectivity index is 1.35. The van der Waals surface area contributed by atoms with Crippen molar-refractivity contribution < 1.29 is 35.9 Å². The van der Waals surface area contributed by atoms with Crippen LogP contribution in [0.15, 0.2) is 23.3 Å². The minimum atomic E-state index is -4.84. The molecule has 0 aliphatic carbocycles. The number of nitrogens with one attached hydrogen (secondary N) is 1. The molecule has 0 unspecified atom stereocenters. The van der Waals surface area contributed by atoms with Crippen LogP contribution in [0.3, 0.4) is 0 Å². The fourth-order valence-corrected chi connectivity index (χ4v) is 4.59. The molecule has 2 fully saturated rings. The van der Waals surface area contributed by atoms with E-state index in [-0.39, 0.29) is 42.8 Å². The number of hydrogen-bond acceptors (Lipinski definition) is 8. The van der Waals surface area contributed by atoms with Crippen LogP contribution in [-0.4, -0.2) is 83.0 Å². The standard InChI is InChI=1S/C22H25F6N7O3/c1-38-15-8-14(35(12-15)17-9-16(22(26,27)28)19(37)32-31-17)2-3-18(36)33-4-6-34(7-5-33)20-29-10-13(11-30-20)21(23,24)25/h9-11,14-15H,2-8,12H2,1H3,(H,32,37)/t14-,15-/m1/s1. The summed E-state index contributed by atoms with van der Waals surface area (Å²) < 4.78 is 83.2. The maximum Gasteiger partial charge on any atom is 0.421 e. The minimum Gasteiger partial charge on any atom is -0.380 e. The third kappa shape index (κ3) is 6.16. The summed E-state index contributed by atoms with van der Waals surface area (Å²) in [6.07, 6.45) is -7.32. The monoisotopic (exact) mass is 549 g/mol. The molecule has 0 radical (unpaired) electrons. The van der Waals surface area contributed by atoms with Gasteiger partial charge in [-0.2, -0.15) is 31.4 Å². The van der Waals surface area contributed by atoms with Crippen molar-refractivity contribution in [3.63, 3.8) is 0 Å². The van der Waals surface area contributed by atoms with E-state index in [4.69, 9.17) is 4.74 Å². The van der Waals surface area contributed by atoms with Crippen LogP contribution in [-0.2, 0) is 21.9 Å². The molecule has 208 valence electrons. The molecule has 38 heavy (non-hydrogen) atoms. The molecular weight excluding hydrogens is 524 g/mol. The number of aromatic amines is 1. The van der Waals surface area contributed by atoms with Crippen molar-refractivity contribution in [2.24, 2.45) is 0 Å². The van der Waals surface area contributed by atoms with Crippen molar-refractivity contribution in [1.29, 1.82) is 0 Å². The third-order valence-electron chi connectivity index (χ3n) is 6.67. The molecule has 10 nitrogen and oxygen atoms in total. The molecule has 2 aromatic heterocycles. The number of amides is 1. The van der Waals surface area contributed by atoms with Crippen molar-refractivity contribution >= 4 is 17.7 Å². The van der Waals surface area contributed by atoms with Crippen molar-refractivity contribution in [1.82, 2.24) is 25.1 Å². The van der Waals surface area contributed by atoms with Crippen LogP contribution in [0.2, 0.25) is 0 Å². The highest BCUT2D eigenvalue weighted by atomic mass is 19.4. The summed E-state index contributed by atoms with van der Waals surface area (Å²) in [5.41, 5.74) is -3.64. The summed E-state index contributed by atoms with van der Waals surface area (Å²) >= 11 is 0. The molecule has 1 amide bonds. The van der Waals surface area contributed by atoms with E-state index in [1.807, 2.05) is 5.10 Å². The molecule has 2 atom stereocenters. The molecule has 4 rings (SSSR count). The minimum absolute atomic E-state index is 0.0564. The predicted octanol–water partition coefficient (Wildman–Crippen LogP) is 2.32. The van der Waals surface area contributed by atoms with Crippen LogP contribution in [0.25, 0.3) is 0 Å². The normalized spacial score (nSPS) is 20.8. The Morgan fingerprint density at radius 3 is 2.32 bits per heavy atom. The first kappa shape index (κ1) is 27.6. The maximum absolute atomic E-state index is 13.2. The first-order chi connectivity index (χ1) is 17.9. The smallest absolute Gasteiger partial charge is 0.380 e. The van der Waals surface area contributed by atoms with Gasteiger partial charge < -0.3 is 19.4 Å². The van der Waals surface area contributed by atoms with Gasteiger partial charge in [-0.15, -0.1) is 0 Å². The number of halogens is 6. The van der Waals surface area contributed by atoms with Gasteiger partial charge >= 0.3 is 12.4 Å². The molecule has 0 spiro atoms. The van der Waals surface area contributed by atoms with E-state index >= 15 is 0 Å². The van der Waals surface area contributed by atoms with Gasteiger partial charge in [0.15, 0.2) is 0 Å². The average Bonchev–Trinajstić information content (AvgIpc) is 3.30. The second-order valence-electron chi connectivity index (χ2n) is 9.04. The van der Waals surface area contributed by atoms with E-state index in [2.05, 4.69) is 15.1 Å². The summed E-state index contributed by atoms with van der Waals surface area (Å²) in [6.45, 7) is 1.54. The topological polar surface area (TPSA) is 108 Å². The van der Waals surface area contributed by atoms with Crippen LogP contribution in [0.1, 0.15) is 30.4 Å². The molecule has 2 aliphatic heterocycles. The predicted molar refractivity (Wildman–Crippen MR) is 121 cm³/mol. The van der Waals surface area contributed by atoms with Crippen LogP contribution in [0.4, 0.5) is 38.1 Å². The summed E-state index contributed by atoms with van der Waals surface area (Å²) in [5, 5.41) is 5.68. The van der Waals surface area contributed by atoms with Gasteiger partial charge in [-0.05, 0) is 12.8 Å². The second kappa shape index (κ2) is 10.7. The highest BCUT2D eigenvalue weighted by Crippen LogP contribution is 2.32. The number of carbonyl (C=O) groups excluding carboxylic acids is 1. The molecular formula is C22H25F6N7O3. The third-order valence-corrected chi connectivity index (χ3v) is 6.67. The number of methoxy groups -OCH3 is 1. The van der Waals surface area contributed by atoms with Gasteiger partial charge in [0, 0.05) is 70.8 Å². The average molecular weight is 549 g/mol. The Bertz CT molecular complexity index is 1180. The number of aromatic nitrogens is 4. The number of nitrogens with zero attached hydrogens (tertiary/aromatic N) is 6. The number of piperazine rings is 1. The molecule has 4 heterocycles. The fraction of sp³-hybridized carbons (Fsp3) is 0.591. The SMILES string of the molecule is CO[C@@H]1C[C@@H](CCC(=O)N2CCN(c3ncc(C(F)(F)F)cn3)CC2)N(c2cc(C(F)(F)F)c(=O)[nH]n2)C1. The van der Waals surface area contributed by atoms with Gasteiger partial charge in [0.2, 0.25) is 11.9 Å². The number of hydrogen-bond donors (Lipinski definition) is 1. The lowest BCUT2D eigenvalue weighted by molar-refractivity contribution is -0.139. The molecule has 16 heteroatoms. The van der Waals surface area contributed by atoms with Crippen molar-refractivity contribution in [2.75, 3.05) is 49.6 Å². The molecule has 2 aliphatic rings. The number of H-pyrrole nitrogens is 1. The van der Waals surface area contributed by atoms with E-state index in [1.165, 1.54) is 7.11 Å². The number of anilines is 2.